The molecule has 0 aliphatic carbocycles. The highest BCUT2D eigenvalue weighted by molar-refractivity contribution is 6.41. The lowest BCUT2D eigenvalue weighted by Crippen LogP contribution is -2.23. The molecule has 7 heteroatoms. The minimum absolute atomic E-state index is 0.0672. The van der Waals surface area contributed by atoms with E-state index in [4.69, 9.17) is 23.2 Å². The molecular formula is C16H15Cl2N3O2. The summed E-state index contributed by atoms with van der Waals surface area (Å²) in [5, 5.41) is 3.14. The molecule has 1 heterocycles. The summed E-state index contributed by atoms with van der Waals surface area (Å²) in [5.41, 5.74) is 1.80. The second-order valence-corrected chi connectivity index (χ2v) is 5.84. The van der Waals surface area contributed by atoms with Crippen LogP contribution in [0.3, 0.4) is 0 Å². The minimum Gasteiger partial charge on any atom is -0.348 e. The van der Waals surface area contributed by atoms with Gasteiger partial charge in [0.15, 0.2) is 0 Å². The van der Waals surface area contributed by atoms with E-state index in [9.17, 15) is 9.59 Å². The van der Waals surface area contributed by atoms with E-state index < -0.39 is 0 Å². The van der Waals surface area contributed by atoms with Crippen LogP contribution in [0, 0.1) is 0 Å². The average Bonchev–Trinajstić information content (AvgIpc) is 2.54. The van der Waals surface area contributed by atoms with Crippen molar-refractivity contribution < 1.29 is 9.59 Å². The van der Waals surface area contributed by atoms with Gasteiger partial charge < -0.3 is 10.2 Å². The highest BCUT2D eigenvalue weighted by atomic mass is 35.5. The van der Waals surface area contributed by atoms with Gasteiger partial charge in [0.05, 0.1) is 10.6 Å². The minimum atomic E-state index is -0.301. The largest absolute Gasteiger partial charge is 0.348 e. The van der Waals surface area contributed by atoms with Crippen molar-refractivity contribution in [3.05, 3.63) is 63.4 Å². The fourth-order valence-electron chi connectivity index (χ4n) is 1.85. The molecule has 23 heavy (non-hydrogen) atoms. The summed E-state index contributed by atoms with van der Waals surface area (Å²) in [7, 11) is 3.39. The number of hydrogen-bond donors (Lipinski definition) is 1. The molecule has 0 spiro atoms. The van der Waals surface area contributed by atoms with Crippen molar-refractivity contribution in [2.75, 3.05) is 14.1 Å². The van der Waals surface area contributed by atoms with E-state index in [-0.39, 0.29) is 22.0 Å². The van der Waals surface area contributed by atoms with Crippen LogP contribution in [-0.2, 0) is 6.54 Å². The van der Waals surface area contributed by atoms with E-state index in [2.05, 4.69) is 10.3 Å². The molecule has 2 amide bonds. The van der Waals surface area contributed by atoms with Gasteiger partial charge in [-0.3, -0.25) is 9.59 Å². The average molecular weight is 352 g/mol. The first-order valence-corrected chi connectivity index (χ1v) is 7.54. The molecule has 0 radical (unpaired) electrons. The molecule has 0 saturated heterocycles. The Morgan fingerprint density at radius 1 is 1.13 bits per heavy atom. The Labute approximate surface area is 144 Å². The van der Waals surface area contributed by atoms with Crippen LogP contribution in [0.1, 0.15) is 26.3 Å². The predicted molar refractivity (Wildman–Crippen MR) is 89.9 cm³/mol. The van der Waals surface area contributed by atoms with Crippen molar-refractivity contribution in [2.45, 2.75) is 6.54 Å². The number of carbonyl (C=O) groups is 2. The topological polar surface area (TPSA) is 62.3 Å². The van der Waals surface area contributed by atoms with Crippen molar-refractivity contribution in [2.24, 2.45) is 0 Å². The first kappa shape index (κ1) is 17.2. The van der Waals surface area contributed by atoms with Crippen molar-refractivity contribution in [1.29, 1.82) is 0 Å². The quantitative estimate of drug-likeness (QED) is 0.861. The number of halogens is 2. The highest BCUT2D eigenvalue weighted by Gasteiger charge is 2.10. The molecule has 1 aromatic carbocycles. The first-order chi connectivity index (χ1) is 10.9. The maximum Gasteiger partial charge on any atom is 0.253 e. The van der Waals surface area contributed by atoms with E-state index in [1.807, 2.05) is 0 Å². The first-order valence-electron chi connectivity index (χ1n) is 6.78. The Bertz CT molecular complexity index is 731. The molecule has 2 rings (SSSR count). The fourth-order valence-corrected chi connectivity index (χ4v) is 2.12. The van der Waals surface area contributed by atoms with Gasteiger partial charge in [0.25, 0.3) is 11.8 Å². The molecule has 0 bridgehead atoms. The van der Waals surface area contributed by atoms with Gasteiger partial charge >= 0.3 is 0 Å². The molecule has 0 fully saturated rings. The third-order valence-corrected chi connectivity index (χ3v) is 3.80. The van der Waals surface area contributed by atoms with Gasteiger partial charge in [0.2, 0.25) is 0 Å². The third kappa shape index (κ3) is 4.43. The van der Waals surface area contributed by atoms with E-state index in [1.54, 1.807) is 38.4 Å². The number of aromatic nitrogens is 1. The molecule has 2 aromatic rings. The van der Waals surface area contributed by atoms with Gasteiger partial charge in [0, 0.05) is 32.4 Å². The van der Waals surface area contributed by atoms with Crippen molar-refractivity contribution in [1.82, 2.24) is 15.2 Å². The number of amides is 2. The summed E-state index contributed by atoms with van der Waals surface area (Å²) in [6, 6.07) is 8.51. The summed E-state index contributed by atoms with van der Waals surface area (Å²) in [6.45, 7) is 0.329. The summed E-state index contributed by atoms with van der Waals surface area (Å²) in [5.74, 6) is -0.369. The summed E-state index contributed by atoms with van der Waals surface area (Å²) in [4.78, 5) is 29.2. The van der Waals surface area contributed by atoms with Crippen molar-refractivity contribution >= 4 is 35.0 Å². The van der Waals surface area contributed by atoms with E-state index in [0.29, 0.717) is 17.7 Å². The van der Waals surface area contributed by atoms with Crippen LogP contribution in [-0.4, -0.2) is 35.8 Å². The molecule has 5 nitrogen and oxygen atoms in total. The molecule has 0 aliphatic heterocycles. The maximum absolute atomic E-state index is 12.0. The molecule has 120 valence electrons. The van der Waals surface area contributed by atoms with Crippen molar-refractivity contribution in [3.63, 3.8) is 0 Å². The van der Waals surface area contributed by atoms with Crippen LogP contribution >= 0.6 is 23.2 Å². The number of pyridine rings is 1. The molecular weight excluding hydrogens is 337 g/mol. The van der Waals surface area contributed by atoms with Crippen LogP contribution in [0.4, 0.5) is 0 Å². The summed E-state index contributed by atoms with van der Waals surface area (Å²) < 4.78 is 0. The van der Waals surface area contributed by atoms with Crippen LogP contribution < -0.4 is 5.32 Å². The lowest BCUT2D eigenvalue weighted by atomic mass is 10.1. The Kier molecular flexibility index (Phi) is 5.58. The molecule has 0 saturated carbocycles. The number of nitrogens with one attached hydrogen (secondary N) is 1. The monoisotopic (exact) mass is 351 g/mol. The van der Waals surface area contributed by atoms with Gasteiger partial charge in [-0.15, -0.1) is 0 Å². The molecule has 0 aliphatic rings. The maximum atomic E-state index is 12.0. The highest BCUT2D eigenvalue weighted by Crippen LogP contribution is 2.19. The summed E-state index contributed by atoms with van der Waals surface area (Å²) in [6.07, 6.45) is 1.36. The Morgan fingerprint density at radius 2 is 1.78 bits per heavy atom. The van der Waals surface area contributed by atoms with Gasteiger partial charge in [0.1, 0.15) is 5.15 Å². The lowest BCUT2D eigenvalue weighted by molar-refractivity contribution is 0.0827. The number of hydrogen-bond acceptors (Lipinski definition) is 3. The molecule has 0 unspecified atom stereocenters. The van der Waals surface area contributed by atoms with E-state index in [0.717, 1.165) is 5.56 Å². The number of rotatable bonds is 4. The zero-order chi connectivity index (χ0) is 17.0. The van der Waals surface area contributed by atoms with Crippen LogP contribution in [0.2, 0.25) is 10.2 Å². The third-order valence-electron chi connectivity index (χ3n) is 3.12. The second-order valence-electron chi connectivity index (χ2n) is 5.08. The molecule has 0 atom stereocenters. The zero-order valence-corrected chi connectivity index (χ0v) is 14.1. The van der Waals surface area contributed by atoms with Gasteiger partial charge in [-0.25, -0.2) is 4.98 Å². The standard InChI is InChI=1S/C16H15Cl2N3O2/c1-21(2)16(23)11-5-3-10(4-6-11)8-20-15(22)12-7-13(17)14(18)19-9-12/h3-7,9H,8H2,1-2H3,(H,20,22). The van der Waals surface area contributed by atoms with Crippen molar-refractivity contribution in [3.8, 4) is 0 Å². The van der Waals surface area contributed by atoms with Crippen LogP contribution in [0.15, 0.2) is 36.5 Å². The number of nitrogens with zero attached hydrogens (tertiary/aromatic N) is 2. The lowest BCUT2D eigenvalue weighted by Gasteiger charge is -2.11. The Hall–Kier alpha value is -2.11. The van der Waals surface area contributed by atoms with Gasteiger partial charge in [-0.05, 0) is 23.8 Å². The van der Waals surface area contributed by atoms with Crippen LogP contribution in [0.5, 0.6) is 0 Å². The summed E-state index contributed by atoms with van der Waals surface area (Å²) >= 11 is 11.6. The van der Waals surface area contributed by atoms with E-state index >= 15 is 0 Å². The Balaban J connectivity index is 1.99. The van der Waals surface area contributed by atoms with E-state index in [1.165, 1.54) is 17.2 Å². The fraction of sp³-hybridized carbons (Fsp3) is 0.188. The predicted octanol–water partition coefficient (Wildman–Crippen LogP) is 3.02. The molecule has 1 aromatic heterocycles. The second kappa shape index (κ2) is 7.44. The smallest absolute Gasteiger partial charge is 0.253 e. The number of carbonyl (C=O) groups excluding carboxylic acids is 2. The van der Waals surface area contributed by atoms with Gasteiger partial charge in [-0.1, -0.05) is 35.3 Å². The van der Waals surface area contributed by atoms with Crippen LogP contribution in [0.25, 0.3) is 0 Å². The number of benzene rings is 1. The normalized spacial score (nSPS) is 10.3. The molecule has 1 N–H and O–H groups in total. The SMILES string of the molecule is CN(C)C(=O)c1ccc(CNC(=O)c2cnc(Cl)c(Cl)c2)cc1. The van der Waals surface area contributed by atoms with Gasteiger partial charge in [-0.2, -0.15) is 0 Å². The Morgan fingerprint density at radius 3 is 2.35 bits per heavy atom. The zero-order valence-electron chi connectivity index (χ0n) is 12.6.